The van der Waals surface area contributed by atoms with Crippen LogP contribution in [0, 0.1) is 6.92 Å². The number of hydrogen-bond donors (Lipinski definition) is 0. The molecule has 0 N–H and O–H groups in total. The predicted molar refractivity (Wildman–Crippen MR) is 118 cm³/mol. The minimum atomic E-state index is 0.891. The monoisotopic (exact) mass is 381 g/mol. The van der Waals surface area contributed by atoms with Crippen LogP contribution in [0.15, 0.2) is 72.9 Å². The zero-order valence-electron chi connectivity index (χ0n) is 16.5. The number of piperazine rings is 1. The van der Waals surface area contributed by atoms with Crippen LogP contribution in [-0.2, 0) is 0 Å². The van der Waals surface area contributed by atoms with E-state index in [1.165, 1.54) is 0 Å². The van der Waals surface area contributed by atoms with Crippen LogP contribution in [0.2, 0.25) is 0 Å². The van der Waals surface area contributed by atoms with Gasteiger partial charge in [-0.2, -0.15) is 0 Å². The van der Waals surface area contributed by atoms with Gasteiger partial charge < -0.3 is 9.80 Å². The first-order chi connectivity index (χ1) is 14.3. The molecular weight excluding hydrogens is 358 g/mol. The van der Waals surface area contributed by atoms with E-state index >= 15 is 0 Å². The van der Waals surface area contributed by atoms with Crippen molar-refractivity contribution in [2.45, 2.75) is 6.92 Å². The Balaban J connectivity index is 1.53. The van der Waals surface area contributed by atoms with E-state index in [-0.39, 0.29) is 0 Å². The van der Waals surface area contributed by atoms with E-state index in [0.29, 0.717) is 0 Å². The molecule has 144 valence electrons. The van der Waals surface area contributed by atoms with Crippen molar-refractivity contribution in [3.05, 3.63) is 78.5 Å². The summed E-state index contributed by atoms with van der Waals surface area (Å²) in [5.41, 5.74) is 5.14. The highest BCUT2D eigenvalue weighted by molar-refractivity contribution is 5.85. The van der Waals surface area contributed by atoms with Crippen LogP contribution in [0.1, 0.15) is 5.56 Å². The molecule has 1 saturated heterocycles. The first-order valence-corrected chi connectivity index (χ1v) is 10.0. The molecule has 29 heavy (non-hydrogen) atoms. The maximum absolute atomic E-state index is 5.10. The third-order valence-electron chi connectivity index (χ3n) is 5.48. The number of fused-ring (bicyclic) bond motifs is 1. The molecule has 4 aromatic rings. The Morgan fingerprint density at radius 3 is 2.24 bits per heavy atom. The fourth-order valence-electron chi connectivity index (χ4n) is 3.91. The molecule has 0 saturated carbocycles. The number of anilines is 2. The van der Waals surface area contributed by atoms with Gasteiger partial charge in [0.05, 0.1) is 11.0 Å². The Hall–Kier alpha value is -3.47. The van der Waals surface area contributed by atoms with E-state index in [2.05, 4.69) is 58.1 Å². The van der Waals surface area contributed by atoms with Gasteiger partial charge in [0.2, 0.25) is 0 Å². The van der Waals surface area contributed by atoms with E-state index in [0.717, 1.165) is 65.7 Å². The van der Waals surface area contributed by atoms with Crippen molar-refractivity contribution in [3.8, 4) is 11.3 Å². The maximum Gasteiger partial charge on any atom is 0.156 e. The zero-order valence-corrected chi connectivity index (χ0v) is 16.5. The minimum Gasteiger partial charge on any atom is -0.353 e. The van der Waals surface area contributed by atoms with Gasteiger partial charge in [0.25, 0.3) is 0 Å². The molecule has 0 radical (unpaired) electrons. The van der Waals surface area contributed by atoms with Crippen molar-refractivity contribution < 1.29 is 0 Å². The Bertz CT molecular complexity index is 1120. The molecule has 0 aliphatic carbocycles. The number of aromatic nitrogens is 3. The lowest BCUT2D eigenvalue weighted by Crippen LogP contribution is -2.47. The van der Waals surface area contributed by atoms with Crippen molar-refractivity contribution in [2.75, 3.05) is 36.0 Å². The van der Waals surface area contributed by atoms with Gasteiger partial charge in [0, 0.05) is 37.9 Å². The van der Waals surface area contributed by atoms with Crippen molar-refractivity contribution in [2.24, 2.45) is 0 Å². The first-order valence-electron chi connectivity index (χ1n) is 10.0. The molecule has 1 fully saturated rings. The summed E-state index contributed by atoms with van der Waals surface area (Å²) >= 11 is 0. The van der Waals surface area contributed by atoms with Gasteiger partial charge in [-0.1, -0.05) is 48.5 Å². The van der Waals surface area contributed by atoms with Crippen molar-refractivity contribution >= 4 is 22.7 Å². The van der Waals surface area contributed by atoms with Gasteiger partial charge in [-0.15, -0.1) is 0 Å². The van der Waals surface area contributed by atoms with E-state index in [1.807, 2.05) is 36.5 Å². The van der Waals surface area contributed by atoms with E-state index < -0.39 is 0 Å². The number of rotatable bonds is 3. The molecule has 0 spiro atoms. The summed E-state index contributed by atoms with van der Waals surface area (Å²) in [6.07, 6.45) is 1.85. The highest BCUT2D eigenvalue weighted by Gasteiger charge is 2.23. The summed E-state index contributed by atoms with van der Waals surface area (Å²) in [4.78, 5) is 19.3. The molecule has 5 rings (SSSR count). The van der Waals surface area contributed by atoms with E-state index in [4.69, 9.17) is 9.97 Å². The molecular formula is C24H23N5. The largest absolute Gasteiger partial charge is 0.353 e. The van der Waals surface area contributed by atoms with Crippen LogP contribution in [0.3, 0.4) is 0 Å². The van der Waals surface area contributed by atoms with Crippen LogP contribution >= 0.6 is 0 Å². The number of nitrogens with zero attached hydrogens (tertiary/aromatic N) is 5. The molecule has 0 atom stereocenters. The number of pyridine rings is 1. The van der Waals surface area contributed by atoms with Gasteiger partial charge in [-0.05, 0) is 30.7 Å². The second-order valence-electron chi connectivity index (χ2n) is 7.37. The topological polar surface area (TPSA) is 45.2 Å². The Labute approximate surface area is 170 Å². The van der Waals surface area contributed by atoms with E-state index in [1.54, 1.807) is 0 Å². The molecule has 2 aromatic heterocycles. The molecule has 1 aliphatic rings. The van der Waals surface area contributed by atoms with Crippen LogP contribution in [-0.4, -0.2) is 41.1 Å². The average molecular weight is 381 g/mol. The number of benzene rings is 2. The van der Waals surface area contributed by atoms with Crippen molar-refractivity contribution in [3.63, 3.8) is 0 Å². The molecule has 2 aromatic carbocycles. The molecule has 0 unspecified atom stereocenters. The second-order valence-corrected chi connectivity index (χ2v) is 7.37. The van der Waals surface area contributed by atoms with Gasteiger partial charge in [0.1, 0.15) is 11.5 Å². The second kappa shape index (κ2) is 7.51. The average Bonchev–Trinajstić information content (AvgIpc) is 2.80. The molecule has 0 amide bonds. The molecule has 1 aliphatic heterocycles. The molecule has 5 heteroatoms. The molecule has 0 bridgehead atoms. The summed E-state index contributed by atoms with van der Waals surface area (Å²) in [5.74, 6) is 2.01. The van der Waals surface area contributed by atoms with Crippen molar-refractivity contribution in [1.29, 1.82) is 0 Å². The van der Waals surface area contributed by atoms with Crippen LogP contribution in [0.4, 0.5) is 11.6 Å². The SMILES string of the molecule is Cc1cccc2nc(-c3ccccc3)c(N3CCN(c4ccccn4)CC3)nc12. The Morgan fingerprint density at radius 2 is 1.48 bits per heavy atom. The lowest BCUT2D eigenvalue weighted by Gasteiger charge is -2.36. The van der Waals surface area contributed by atoms with Gasteiger partial charge in [-0.25, -0.2) is 15.0 Å². The quantitative estimate of drug-likeness (QED) is 0.529. The number of para-hydroxylation sites is 1. The van der Waals surface area contributed by atoms with E-state index in [9.17, 15) is 0 Å². The van der Waals surface area contributed by atoms with Gasteiger partial charge in [0.15, 0.2) is 5.82 Å². The summed E-state index contributed by atoms with van der Waals surface area (Å²) in [7, 11) is 0. The summed E-state index contributed by atoms with van der Waals surface area (Å²) in [6, 6.07) is 22.6. The zero-order chi connectivity index (χ0) is 19.6. The Kier molecular flexibility index (Phi) is 4.56. The van der Waals surface area contributed by atoms with Crippen molar-refractivity contribution in [1.82, 2.24) is 15.0 Å². The highest BCUT2D eigenvalue weighted by atomic mass is 15.3. The molecule has 5 nitrogen and oxygen atoms in total. The predicted octanol–water partition coefficient (Wildman–Crippen LogP) is 4.33. The maximum atomic E-state index is 5.10. The fraction of sp³-hybridized carbons (Fsp3) is 0.208. The standard InChI is InChI=1S/C24H23N5/c1-18-8-7-11-20-22(18)27-24(23(26-20)19-9-3-2-4-10-19)29-16-14-28(15-17-29)21-12-5-6-13-25-21/h2-13H,14-17H2,1H3. The van der Waals surface area contributed by atoms with Crippen LogP contribution < -0.4 is 9.80 Å². The summed E-state index contributed by atoms with van der Waals surface area (Å²) in [6.45, 7) is 5.71. The van der Waals surface area contributed by atoms with Crippen LogP contribution in [0.25, 0.3) is 22.3 Å². The third-order valence-corrected chi connectivity index (χ3v) is 5.48. The lowest BCUT2D eigenvalue weighted by molar-refractivity contribution is 0.642. The highest BCUT2D eigenvalue weighted by Crippen LogP contribution is 2.31. The minimum absolute atomic E-state index is 0.891. The Morgan fingerprint density at radius 1 is 0.724 bits per heavy atom. The third kappa shape index (κ3) is 3.40. The van der Waals surface area contributed by atoms with Gasteiger partial charge >= 0.3 is 0 Å². The first kappa shape index (κ1) is 17.6. The smallest absolute Gasteiger partial charge is 0.156 e. The number of hydrogen-bond acceptors (Lipinski definition) is 5. The fourth-order valence-corrected chi connectivity index (χ4v) is 3.91. The normalized spacial score (nSPS) is 14.4. The number of aryl methyl sites for hydroxylation is 1. The lowest BCUT2D eigenvalue weighted by atomic mass is 10.1. The summed E-state index contributed by atoms with van der Waals surface area (Å²) < 4.78 is 0. The molecule has 3 heterocycles. The van der Waals surface area contributed by atoms with Gasteiger partial charge in [-0.3, -0.25) is 0 Å². The van der Waals surface area contributed by atoms with Crippen LogP contribution in [0.5, 0.6) is 0 Å². The summed E-state index contributed by atoms with van der Waals surface area (Å²) in [5, 5.41) is 0.